The molecule has 0 spiro atoms. The third kappa shape index (κ3) is 3.61. The second-order valence-electron chi connectivity index (χ2n) is 4.04. The number of rotatable bonds is 5. The Morgan fingerprint density at radius 3 is 2.63 bits per heavy atom. The molecule has 0 saturated heterocycles. The number of nitrogens with zero attached hydrogens (tertiary/aromatic N) is 2. The van der Waals surface area contributed by atoms with Gasteiger partial charge in [0.25, 0.3) is 0 Å². The lowest BCUT2D eigenvalue weighted by atomic mass is 10.3. The Bertz CT molecular complexity index is 557. The number of hydrogen-bond donors (Lipinski definition) is 2. The van der Waals surface area contributed by atoms with Gasteiger partial charge in [-0.3, -0.25) is 0 Å². The number of thioether (sulfide) groups is 1. The fourth-order valence-electron chi connectivity index (χ4n) is 1.79. The van der Waals surface area contributed by atoms with Crippen molar-refractivity contribution in [3.63, 3.8) is 0 Å². The van der Waals surface area contributed by atoms with Gasteiger partial charge in [-0.1, -0.05) is 12.1 Å². The fourth-order valence-corrected chi connectivity index (χ4v) is 2.34. The molecule has 0 unspecified atom stereocenters. The number of nitrogens with one attached hydrogen (secondary N) is 2. The molecule has 19 heavy (non-hydrogen) atoms. The molecular formula is C14H18N4S. The van der Waals surface area contributed by atoms with Gasteiger partial charge in [-0.2, -0.15) is 0 Å². The van der Waals surface area contributed by atoms with Crippen LogP contribution >= 0.6 is 11.8 Å². The summed E-state index contributed by atoms with van der Waals surface area (Å²) in [5.41, 5.74) is 1.07. The predicted octanol–water partition coefficient (Wildman–Crippen LogP) is 3.68. The maximum absolute atomic E-state index is 4.42. The van der Waals surface area contributed by atoms with Crippen LogP contribution < -0.4 is 10.6 Å². The summed E-state index contributed by atoms with van der Waals surface area (Å²) in [4.78, 5) is 9.95. The summed E-state index contributed by atoms with van der Waals surface area (Å²) >= 11 is 1.71. The minimum absolute atomic E-state index is 0.752. The lowest BCUT2D eigenvalue weighted by Gasteiger charge is -2.11. The van der Waals surface area contributed by atoms with Crippen LogP contribution in [-0.4, -0.2) is 22.8 Å². The molecule has 2 aromatic rings. The zero-order valence-corrected chi connectivity index (χ0v) is 12.2. The minimum Gasteiger partial charge on any atom is -0.370 e. The number of hydrogen-bond acceptors (Lipinski definition) is 5. The summed E-state index contributed by atoms with van der Waals surface area (Å²) in [5.74, 6) is 2.41. The molecule has 0 radical (unpaired) electrons. The molecule has 2 rings (SSSR count). The van der Waals surface area contributed by atoms with Crippen molar-refractivity contribution in [2.75, 3.05) is 23.4 Å². The van der Waals surface area contributed by atoms with Gasteiger partial charge in [0.1, 0.15) is 17.5 Å². The number of anilines is 3. The molecule has 0 aliphatic heterocycles. The zero-order chi connectivity index (χ0) is 13.7. The summed E-state index contributed by atoms with van der Waals surface area (Å²) in [5, 5.41) is 6.56. The smallest absolute Gasteiger partial charge is 0.136 e. The second-order valence-corrected chi connectivity index (χ2v) is 4.89. The normalized spacial score (nSPS) is 10.3. The van der Waals surface area contributed by atoms with E-state index in [0.29, 0.717) is 0 Å². The Kier molecular flexibility index (Phi) is 4.63. The van der Waals surface area contributed by atoms with Crippen LogP contribution in [0.5, 0.6) is 0 Å². The first-order chi connectivity index (χ1) is 9.22. The van der Waals surface area contributed by atoms with Crippen molar-refractivity contribution >= 4 is 29.1 Å². The maximum atomic E-state index is 4.42. The van der Waals surface area contributed by atoms with Crippen molar-refractivity contribution in [1.29, 1.82) is 0 Å². The van der Waals surface area contributed by atoms with Crippen molar-refractivity contribution in [2.45, 2.75) is 18.7 Å². The summed E-state index contributed by atoms with van der Waals surface area (Å²) in [7, 11) is 0. The van der Waals surface area contributed by atoms with E-state index in [9.17, 15) is 0 Å². The maximum Gasteiger partial charge on any atom is 0.136 e. The predicted molar refractivity (Wildman–Crippen MR) is 82.4 cm³/mol. The third-order valence-corrected chi connectivity index (χ3v) is 3.36. The molecule has 0 aliphatic carbocycles. The Morgan fingerprint density at radius 1 is 1.16 bits per heavy atom. The van der Waals surface area contributed by atoms with E-state index in [1.165, 1.54) is 4.90 Å². The average Bonchev–Trinajstić information content (AvgIpc) is 2.39. The van der Waals surface area contributed by atoms with E-state index < -0.39 is 0 Å². The molecule has 0 fully saturated rings. The van der Waals surface area contributed by atoms with Gasteiger partial charge in [-0.05, 0) is 32.2 Å². The first-order valence-corrected chi connectivity index (χ1v) is 7.45. The summed E-state index contributed by atoms with van der Waals surface area (Å²) in [6.07, 6.45) is 2.07. The molecule has 4 nitrogen and oxygen atoms in total. The van der Waals surface area contributed by atoms with Crippen LogP contribution in [0, 0.1) is 6.92 Å². The molecule has 0 aliphatic rings. The molecule has 0 saturated carbocycles. The van der Waals surface area contributed by atoms with Crippen LogP contribution in [0.25, 0.3) is 0 Å². The topological polar surface area (TPSA) is 49.8 Å². The van der Waals surface area contributed by atoms with Crippen molar-refractivity contribution in [1.82, 2.24) is 9.97 Å². The van der Waals surface area contributed by atoms with Crippen molar-refractivity contribution < 1.29 is 0 Å². The lowest BCUT2D eigenvalue weighted by molar-refractivity contribution is 1.04. The van der Waals surface area contributed by atoms with E-state index in [0.717, 1.165) is 29.7 Å². The molecule has 5 heteroatoms. The minimum atomic E-state index is 0.752. The Balaban J connectivity index is 2.27. The summed E-state index contributed by atoms with van der Waals surface area (Å²) in [6, 6.07) is 10.1. The Labute approximate surface area is 118 Å². The van der Waals surface area contributed by atoms with E-state index in [1.807, 2.05) is 32.0 Å². The molecule has 2 N–H and O–H groups in total. The Hall–Kier alpha value is -1.75. The summed E-state index contributed by atoms with van der Waals surface area (Å²) in [6.45, 7) is 4.79. The van der Waals surface area contributed by atoms with E-state index in [4.69, 9.17) is 0 Å². The number of aromatic nitrogens is 2. The van der Waals surface area contributed by atoms with Crippen LogP contribution in [0.2, 0.25) is 0 Å². The molecular weight excluding hydrogens is 256 g/mol. The first kappa shape index (κ1) is 13.7. The second kappa shape index (κ2) is 6.43. The van der Waals surface area contributed by atoms with Gasteiger partial charge in [-0.25, -0.2) is 9.97 Å². The van der Waals surface area contributed by atoms with Gasteiger partial charge in [0.05, 0.1) is 5.69 Å². The standard InChI is InChI=1S/C14H18N4S/c1-4-15-13-9-14(17-10(2)16-13)18-11-7-5-6-8-12(11)19-3/h5-9H,4H2,1-3H3,(H2,15,16,17,18). The molecule has 100 valence electrons. The van der Waals surface area contributed by atoms with Crippen molar-refractivity contribution in [3.8, 4) is 0 Å². The molecule has 1 heterocycles. The van der Waals surface area contributed by atoms with E-state index in [2.05, 4.69) is 39.0 Å². The van der Waals surface area contributed by atoms with Crippen molar-refractivity contribution in [3.05, 3.63) is 36.2 Å². The molecule has 0 bridgehead atoms. The number of aryl methyl sites for hydroxylation is 1. The third-order valence-electron chi connectivity index (χ3n) is 2.57. The van der Waals surface area contributed by atoms with Crippen LogP contribution in [0.15, 0.2) is 35.2 Å². The van der Waals surface area contributed by atoms with Gasteiger partial charge < -0.3 is 10.6 Å². The summed E-state index contributed by atoms with van der Waals surface area (Å²) < 4.78 is 0. The molecule has 1 aromatic carbocycles. The monoisotopic (exact) mass is 274 g/mol. The number of para-hydroxylation sites is 1. The SMILES string of the molecule is CCNc1cc(Nc2ccccc2SC)nc(C)n1. The zero-order valence-electron chi connectivity index (χ0n) is 11.4. The van der Waals surface area contributed by atoms with E-state index in [1.54, 1.807) is 11.8 Å². The highest BCUT2D eigenvalue weighted by atomic mass is 32.2. The van der Waals surface area contributed by atoms with Gasteiger partial charge in [0.2, 0.25) is 0 Å². The molecule has 0 amide bonds. The largest absolute Gasteiger partial charge is 0.370 e. The van der Waals surface area contributed by atoms with Gasteiger partial charge in [0.15, 0.2) is 0 Å². The van der Waals surface area contributed by atoms with E-state index in [-0.39, 0.29) is 0 Å². The van der Waals surface area contributed by atoms with E-state index >= 15 is 0 Å². The molecule has 0 atom stereocenters. The fraction of sp³-hybridized carbons (Fsp3) is 0.286. The van der Waals surface area contributed by atoms with Gasteiger partial charge in [-0.15, -0.1) is 11.8 Å². The van der Waals surface area contributed by atoms with Crippen LogP contribution in [0.3, 0.4) is 0 Å². The Morgan fingerprint density at radius 2 is 1.89 bits per heavy atom. The molecule has 1 aromatic heterocycles. The highest BCUT2D eigenvalue weighted by Crippen LogP contribution is 2.27. The first-order valence-electron chi connectivity index (χ1n) is 6.22. The van der Waals surface area contributed by atoms with Gasteiger partial charge >= 0.3 is 0 Å². The highest BCUT2D eigenvalue weighted by molar-refractivity contribution is 7.98. The van der Waals surface area contributed by atoms with Gasteiger partial charge in [0, 0.05) is 17.5 Å². The van der Waals surface area contributed by atoms with Crippen LogP contribution in [0.4, 0.5) is 17.3 Å². The lowest BCUT2D eigenvalue weighted by Crippen LogP contribution is -2.04. The average molecular weight is 274 g/mol. The highest BCUT2D eigenvalue weighted by Gasteiger charge is 2.04. The number of benzene rings is 1. The van der Waals surface area contributed by atoms with Crippen LogP contribution in [-0.2, 0) is 0 Å². The van der Waals surface area contributed by atoms with Crippen LogP contribution in [0.1, 0.15) is 12.7 Å². The van der Waals surface area contributed by atoms with Crippen molar-refractivity contribution in [2.24, 2.45) is 0 Å². The quantitative estimate of drug-likeness (QED) is 0.814.